The van der Waals surface area contributed by atoms with E-state index in [9.17, 15) is 15.0 Å². The van der Waals surface area contributed by atoms with E-state index in [0.717, 1.165) is 11.6 Å². The van der Waals surface area contributed by atoms with Gasteiger partial charge in [0.05, 0.1) is 21.3 Å². The fourth-order valence-corrected chi connectivity index (χ4v) is 2.36. The van der Waals surface area contributed by atoms with Crippen molar-refractivity contribution in [1.29, 1.82) is 0 Å². The zero-order valence-corrected chi connectivity index (χ0v) is 15.9. The molecule has 0 aliphatic rings. The number of ketones is 1. The van der Waals surface area contributed by atoms with Gasteiger partial charge in [0.2, 0.25) is 0 Å². The molecule has 0 aliphatic heterocycles. The van der Waals surface area contributed by atoms with Crippen LogP contribution in [0, 0.1) is 0 Å². The Kier molecular flexibility index (Phi) is 7.28. The van der Waals surface area contributed by atoms with Crippen molar-refractivity contribution < 1.29 is 29.2 Å². The van der Waals surface area contributed by atoms with Crippen LogP contribution in [-0.2, 0) is 4.79 Å². The molecule has 0 heterocycles. The molecule has 28 heavy (non-hydrogen) atoms. The number of phenolic OH excluding ortho intramolecular Hbond substituents is 1. The van der Waals surface area contributed by atoms with E-state index in [1.165, 1.54) is 32.4 Å². The summed E-state index contributed by atoms with van der Waals surface area (Å²) >= 11 is 0. The molecule has 0 unspecified atom stereocenters. The second kappa shape index (κ2) is 9.87. The summed E-state index contributed by atoms with van der Waals surface area (Å²) in [5.74, 6) is 0.922. The zero-order valence-electron chi connectivity index (χ0n) is 15.9. The predicted octanol–water partition coefficient (Wildman–Crippen LogP) is 4.16. The molecule has 0 aliphatic carbocycles. The minimum absolute atomic E-state index is 0.0230. The maximum absolute atomic E-state index is 12.0. The Hall–Kier alpha value is -3.67. The molecule has 6 heteroatoms. The molecule has 0 spiro atoms. The number of benzene rings is 2. The van der Waals surface area contributed by atoms with Crippen molar-refractivity contribution in [2.75, 3.05) is 21.3 Å². The smallest absolute Gasteiger partial charge is 0.182 e. The molecule has 6 nitrogen and oxygen atoms in total. The van der Waals surface area contributed by atoms with Crippen molar-refractivity contribution in [1.82, 2.24) is 0 Å². The molecule has 0 atom stereocenters. The topological polar surface area (TPSA) is 85.2 Å². The molecule has 0 fully saturated rings. The Balaban J connectivity index is 2.06. The summed E-state index contributed by atoms with van der Waals surface area (Å²) in [4.78, 5) is 12.0. The maximum atomic E-state index is 12.0. The lowest BCUT2D eigenvalue weighted by atomic mass is 10.1. The van der Waals surface area contributed by atoms with Gasteiger partial charge in [0.1, 0.15) is 5.76 Å². The number of carbonyl (C=O) groups is 1. The molecule has 2 aromatic rings. The van der Waals surface area contributed by atoms with Crippen LogP contribution in [0.5, 0.6) is 23.0 Å². The highest BCUT2D eigenvalue weighted by molar-refractivity contribution is 6.02. The molecular formula is C22H22O6. The first-order valence-corrected chi connectivity index (χ1v) is 8.36. The van der Waals surface area contributed by atoms with Gasteiger partial charge in [-0.2, -0.15) is 0 Å². The third-order valence-corrected chi connectivity index (χ3v) is 3.79. The van der Waals surface area contributed by atoms with Crippen LogP contribution in [0.25, 0.3) is 12.2 Å². The zero-order chi connectivity index (χ0) is 20.5. The van der Waals surface area contributed by atoms with Crippen LogP contribution in [0.4, 0.5) is 0 Å². The van der Waals surface area contributed by atoms with E-state index in [4.69, 9.17) is 14.2 Å². The Morgan fingerprint density at radius 1 is 0.821 bits per heavy atom. The number of aliphatic hydroxyl groups is 1. The van der Waals surface area contributed by atoms with Gasteiger partial charge >= 0.3 is 0 Å². The summed E-state index contributed by atoms with van der Waals surface area (Å²) in [5.41, 5.74) is 1.45. The van der Waals surface area contributed by atoms with Crippen molar-refractivity contribution in [3.05, 3.63) is 71.5 Å². The fourth-order valence-electron chi connectivity index (χ4n) is 2.36. The normalized spacial score (nSPS) is 11.8. The highest BCUT2D eigenvalue weighted by atomic mass is 16.5. The Morgan fingerprint density at radius 2 is 1.39 bits per heavy atom. The van der Waals surface area contributed by atoms with Crippen molar-refractivity contribution in [2.45, 2.75) is 0 Å². The lowest BCUT2D eigenvalue weighted by Crippen LogP contribution is -1.91. The minimum atomic E-state index is -0.375. The molecular weight excluding hydrogens is 360 g/mol. The number of hydrogen-bond acceptors (Lipinski definition) is 6. The van der Waals surface area contributed by atoms with Gasteiger partial charge in [-0.25, -0.2) is 0 Å². The van der Waals surface area contributed by atoms with Crippen LogP contribution < -0.4 is 14.2 Å². The minimum Gasteiger partial charge on any atom is -0.508 e. The van der Waals surface area contributed by atoms with Gasteiger partial charge in [0.15, 0.2) is 28.8 Å². The lowest BCUT2D eigenvalue weighted by Gasteiger charge is -2.07. The van der Waals surface area contributed by atoms with Gasteiger partial charge < -0.3 is 24.4 Å². The maximum Gasteiger partial charge on any atom is 0.182 e. The summed E-state index contributed by atoms with van der Waals surface area (Å²) in [6, 6.07) is 10.0. The second-order valence-electron chi connectivity index (χ2n) is 5.68. The van der Waals surface area contributed by atoms with Crippen LogP contribution in [0.2, 0.25) is 0 Å². The van der Waals surface area contributed by atoms with Crippen molar-refractivity contribution >= 4 is 17.9 Å². The largest absolute Gasteiger partial charge is 0.508 e. The second-order valence-corrected chi connectivity index (χ2v) is 5.68. The molecule has 0 saturated carbocycles. The number of phenols is 1. The molecule has 2 rings (SSSR count). The van der Waals surface area contributed by atoms with E-state index >= 15 is 0 Å². The molecule has 0 amide bonds. The molecule has 0 radical (unpaired) electrons. The first kappa shape index (κ1) is 20.6. The standard InChI is InChI=1S/C22H22O6/c1-26-20-11-7-16(13-22(20)28-3)5-9-18(24)14-17(23)8-4-15-6-10-19(25)21(12-15)27-2/h4-14,23,25H,1-3H3/b8-4+,9-5+,17-14-. The SMILES string of the molecule is COc1cc(/C=C/C(O)=C/C(=O)/C=C/c2ccc(OC)c(OC)c2)ccc1O. The Labute approximate surface area is 163 Å². The highest BCUT2D eigenvalue weighted by Gasteiger charge is 2.03. The van der Waals surface area contributed by atoms with Gasteiger partial charge in [-0.05, 0) is 47.5 Å². The number of methoxy groups -OCH3 is 3. The average molecular weight is 382 g/mol. The van der Waals surface area contributed by atoms with Gasteiger partial charge in [0, 0.05) is 6.08 Å². The van der Waals surface area contributed by atoms with E-state index < -0.39 is 0 Å². The van der Waals surface area contributed by atoms with Crippen LogP contribution in [0.1, 0.15) is 11.1 Å². The summed E-state index contributed by atoms with van der Waals surface area (Å²) < 4.78 is 15.4. The molecule has 0 bridgehead atoms. The Morgan fingerprint density at radius 3 is 2.04 bits per heavy atom. The first-order valence-electron chi connectivity index (χ1n) is 8.36. The third kappa shape index (κ3) is 5.67. The highest BCUT2D eigenvalue weighted by Crippen LogP contribution is 2.28. The van der Waals surface area contributed by atoms with Crippen LogP contribution in [-0.4, -0.2) is 37.3 Å². The predicted molar refractivity (Wildman–Crippen MR) is 108 cm³/mol. The third-order valence-electron chi connectivity index (χ3n) is 3.79. The van der Waals surface area contributed by atoms with Gasteiger partial charge in [-0.1, -0.05) is 24.3 Å². The van der Waals surface area contributed by atoms with Crippen molar-refractivity contribution in [2.24, 2.45) is 0 Å². The van der Waals surface area contributed by atoms with Gasteiger partial charge in [-0.3, -0.25) is 4.79 Å². The molecule has 2 aromatic carbocycles. The molecule has 0 aromatic heterocycles. The van der Waals surface area contributed by atoms with Crippen LogP contribution in [0.15, 0.2) is 60.4 Å². The quantitative estimate of drug-likeness (QED) is 0.405. The fraction of sp³-hybridized carbons (Fsp3) is 0.136. The van der Waals surface area contributed by atoms with E-state index in [1.54, 1.807) is 49.6 Å². The van der Waals surface area contributed by atoms with Crippen molar-refractivity contribution in [3.8, 4) is 23.0 Å². The molecule has 0 saturated heterocycles. The first-order chi connectivity index (χ1) is 13.5. The summed E-state index contributed by atoms with van der Waals surface area (Å²) in [7, 11) is 4.53. The van der Waals surface area contributed by atoms with E-state index in [-0.39, 0.29) is 17.3 Å². The summed E-state index contributed by atoms with van der Waals surface area (Å²) in [5, 5.41) is 19.5. The van der Waals surface area contributed by atoms with Crippen molar-refractivity contribution in [3.63, 3.8) is 0 Å². The monoisotopic (exact) mass is 382 g/mol. The van der Waals surface area contributed by atoms with Crippen LogP contribution in [0.3, 0.4) is 0 Å². The van der Waals surface area contributed by atoms with Gasteiger partial charge in [0.25, 0.3) is 0 Å². The average Bonchev–Trinajstić information content (AvgIpc) is 2.71. The number of aliphatic hydroxyl groups excluding tert-OH is 1. The number of ether oxygens (including phenoxy) is 3. The van der Waals surface area contributed by atoms with Crippen LogP contribution >= 0.6 is 0 Å². The molecule has 146 valence electrons. The molecule has 2 N–H and O–H groups in total. The summed E-state index contributed by atoms with van der Waals surface area (Å²) in [6.45, 7) is 0. The number of aromatic hydroxyl groups is 1. The summed E-state index contributed by atoms with van der Waals surface area (Å²) in [6.07, 6.45) is 7.04. The number of rotatable bonds is 8. The van der Waals surface area contributed by atoms with E-state index in [0.29, 0.717) is 22.8 Å². The number of hydrogen-bond donors (Lipinski definition) is 2. The number of carbonyl (C=O) groups excluding carboxylic acids is 1. The van der Waals surface area contributed by atoms with E-state index in [1.807, 2.05) is 0 Å². The van der Waals surface area contributed by atoms with Gasteiger partial charge in [-0.15, -0.1) is 0 Å². The lowest BCUT2D eigenvalue weighted by molar-refractivity contribution is -0.110. The number of allylic oxidation sites excluding steroid dienone is 3. The van der Waals surface area contributed by atoms with E-state index in [2.05, 4.69) is 0 Å². The Bertz CT molecular complexity index is 925.